The number of nitrogens with zero attached hydrogens (tertiary/aromatic N) is 2. The van der Waals surface area contributed by atoms with E-state index < -0.39 is 35.8 Å². The molecule has 22 heavy (non-hydrogen) atoms. The molecule has 9 heteroatoms. The molecule has 2 heterocycles. The highest BCUT2D eigenvalue weighted by Gasteiger charge is 2.57. The van der Waals surface area contributed by atoms with E-state index in [4.69, 9.17) is 22.1 Å². The van der Waals surface area contributed by atoms with Crippen molar-refractivity contribution >= 4 is 17.4 Å². The first-order valence-corrected chi connectivity index (χ1v) is 6.82. The van der Waals surface area contributed by atoms with Crippen LogP contribution in [0.3, 0.4) is 0 Å². The monoisotopic (exact) mass is 329 g/mol. The fourth-order valence-corrected chi connectivity index (χ4v) is 2.64. The lowest BCUT2D eigenvalue weighted by molar-refractivity contribution is -0.0891. The van der Waals surface area contributed by atoms with Crippen molar-refractivity contribution in [3.05, 3.63) is 22.2 Å². The van der Waals surface area contributed by atoms with Gasteiger partial charge in [0.05, 0.1) is 6.10 Å². The molecule has 5 atom stereocenters. The SMILES string of the molecule is Cc1cc(N)nc(=O)n1[C@@H]1O[C@H]([C@H](C)O)[C@H](O)C1(O)C#CCl. The molecule has 0 bridgehead atoms. The number of aliphatic hydroxyl groups excluding tert-OH is 2. The van der Waals surface area contributed by atoms with Crippen LogP contribution < -0.4 is 11.4 Å². The molecule has 1 aliphatic rings. The van der Waals surface area contributed by atoms with Crippen LogP contribution in [0.25, 0.3) is 0 Å². The summed E-state index contributed by atoms with van der Waals surface area (Å²) in [6, 6.07) is 1.40. The van der Waals surface area contributed by atoms with E-state index in [-0.39, 0.29) is 5.82 Å². The third kappa shape index (κ3) is 2.58. The summed E-state index contributed by atoms with van der Waals surface area (Å²) in [6.07, 6.45) is -5.24. The summed E-state index contributed by atoms with van der Waals surface area (Å²) < 4.78 is 6.47. The van der Waals surface area contributed by atoms with Crippen LogP contribution in [0.4, 0.5) is 5.82 Å². The first kappa shape index (κ1) is 16.7. The van der Waals surface area contributed by atoms with E-state index in [0.29, 0.717) is 5.69 Å². The van der Waals surface area contributed by atoms with Crippen LogP contribution in [-0.2, 0) is 4.74 Å². The van der Waals surface area contributed by atoms with Crippen molar-refractivity contribution in [1.29, 1.82) is 0 Å². The lowest BCUT2D eigenvalue weighted by Crippen LogP contribution is -2.49. The molecule has 8 nitrogen and oxygen atoms in total. The summed E-state index contributed by atoms with van der Waals surface area (Å²) in [4.78, 5) is 15.6. The molecule has 0 saturated carbocycles. The number of aliphatic hydroxyl groups is 3. The Hall–Kier alpha value is -1.63. The van der Waals surface area contributed by atoms with Crippen molar-refractivity contribution < 1.29 is 20.1 Å². The first-order valence-electron chi connectivity index (χ1n) is 6.44. The van der Waals surface area contributed by atoms with Crippen molar-refractivity contribution in [2.24, 2.45) is 0 Å². The van der Waals surface area contributed by atoms with E-state index in [1.165, 1.54) is 13.0 Å². The number of hydrogen-bond acceptors (Lipinski definition) is 7. The Bertz CT molecular complexity index is 695. The van der Waals surface area contributed by atoms with Crippen molar-refractivity contribution in [3.8, 4) is 11.3 Å². The molecule has 0 aromatic carbocycles. The number of rotatable bonds is 2. The highest BCUT2D eigenvalue weighted by atomic mass is 35.5. The van der Waals surface area contributed by atoms with Crippen LogP contribution in [0.5, 0.6) is 0 Å². The summed E-state index contributed by atoms with van der Waals surface area (Å²) in [6.45, 7) is 2.93. The van der Waals surface area contributed by atoms with Gasteiger partial charge >= 0.3 is 5.69 Å². The van der Waals surface area contributed by atoms with Crippen molar-refractivity contribution in [2.45, 2.75) is 44.0 Å². The van der Waals surface area contributed by atoms with Gasteiger partial charge < -0.3 is 25.8 Å². The first-order chi connectivity index (χ1) is 10.2. The summed E-state index contributed by atoms with van der Waals surface area (Å²) in [5, 5.41) is 32.5. The van der Waals surface area contributed by atoms with E-state index in [9.17, 15) is 20.1 Å². The maximum atomic E-state index is 12.1. The molecule has 1 aliphatic heterocycles. The smallest absolute Gasteiger partial charge is 0.351 e. The molecule has 0 radical (unpaired) electrons. The predicted molar refractivity (Wildman–Crippen MR) is 77.8 cm³/mol. The predicted octanol–water partition coefficient (Wildman–Crippen LogP) is -1.30. The van der Waals surface area contributed by atoms with Crippen LogP contribution in [0.2, 0.25) is 0 Å². The number of anilines is 1. The number of hydrogen-bond donors (Lipinski definition) is 4. The van der Waals surface area contributed by atoms with Crippen LogP contribution in [0.1, 0.15) is 18.8 Å². The van der Waals surface area contributed by atoms with Crippen molar-refractivity contribution in [1.82, 2.24) is 9.55 Å². The van der Waals surface area contributed by atoms with Gasteiger partial charge in [-0.25, -0.2) is 4.79 Å². The maximum absolute atomic E-state index is 12.1. The quantitative estimate of drug-likeness (QED) is 0.496. The molecule has 0 aliphatic carbocycles. The second-order valence-corrected chi connectivity index (χ2v) is 5.35. The average molecular weight is 330 g/mol. The van der Waals surface area contributed by atoms with E-state index in [0.717, 1.165) is 4.57 Å². The molecule has 1 fully saturated rings. The van der Waals surface area contributed by atoms with Crippen molar-refractivity contribution in [3.63, 3.8) is 0 Å². The van der Waals surface area contributed by atoms with Crippen LogP contribution in [0, 0.1) is 18.2 Å². The zero-order valence-electron chi connectivity index (χ0n) is 11.9. The van der Waals surface area contributed by atoms with Gasteiger partial charge in [-0.15, -0.1) is 0 Å². The summed E-state index contributed by atoms with van der Waals surface area (Å²) >= 11 is 5.35. The van der Waals surface area contributed by atoms with Gasteiger partial charge in [-0.3, -0.25) is 4.57 Å². The van der Waals surface area contributed by atoms with Gasteiger partial charge in [0.15, 0.2) is 6.23 Å². The minimum absolute atomic E-state index is 0.0105. The molecule has 5 N–H and O–H groups in total. The second kappa shape index (κ2) is 5.87. The fourth-order valence-electron chi connectivity index (χ4n) is 2.49. The van der Waals surface area contributed by atoms with Gasteiger partial charge in [0.2, 0.25) is 5.60 Å². The van der Waals surface area contributed by atoms with Crippen LogP contribution in [-0.4, -0.2) is 48.8 Å². The molecular weight excluding hydrogens is 314 g/mol. The zero-order valence-corrected chi connectivity index (χ0v) is 12.7. The molecule has 0 amide bonds. The van der Waals surface area contributed by atoms with Gasteiger partial charge in [0.25, 0.3) is 0 Å². The average Bonchev–Trinajstić information content (AvgIpc) is 2.63. The van der Waals surface area contributed by atoms with Gasteiger partial charge in [-0.05, 0) is 37.4 Å². The largest absolute Gasteiger partial charge is 0.391 e. The van der Waals surface area contributed by atoms with Gasteiger partial charge in [0.1, 0.15) is 18.0 Å². The number of nitrogens with two attached hydrogens (primary N) is 1. The summed E-state index contributed by atoms with van der Waals surface area (Å²) in [5.41, 5.74) is 2.87. The number of nitrogen functional groups attached to an aromatic ring is 1. The lowest BCUT2D eigenvalue weighted by Gasteiger charge is -2.27. The molecular formula is C13H16ClN3O5. The molecule has 1 aromatic rings. The van der Waals surface area contributed by atoms with Gasteiger partial charge in [0, 0.05) is 11.1 Å². The van der Waals surface area contributed by atoms with E-state index in [2.05, 4.69) is 10.9 Å². The standard InChI is InChI=1S/C13H16ClN3O5/c1-6-5-8(15)16-12(20)17(6)11-13(21,3-4-14)10(19)9(22-11)7(2)18/h5,7,9-11,18-19,21H,1-2H3,(H2,15,16,20)/t7-,9+,10-,11+,13?/m0/s1. The molecule has 1 saturated heterocycles. The zero-order chi connectivity index (χ0) is 16.7. The van der Waals surface area contributed by atoms with E-state index >= 15 is 0 Å². The van der Waals surface area contributed by atoms with E-state index in [1.54, 1.807) is 6.92 Å². The minimum Gasteiger partial charge on any atom is -0.391 e. The fraction of sp³-hybridized carbons (Fsp3) is 0.538. The lowest BCUT2D eigenvalue weighted by atomic mass is 9.93. The van der Waals surface area contributed by atoms with Crippen LogP contribution >= 0.6 is 11.6 Å². The molecule has 120 valence electrons. The third-order valence-corrected chi connectivity index (χ3v) is 3.64. The Morgan fingerprint density at radius 3 is 2.77 bits per heavy atom. The van der Waals surface area contributed by atoms with Gasteiger partial charge in [-0.1, -0.05) is 0 Å². The number of aryl methyl sites for hydroxylation is 1. The summed E-state index contributed by atoms with van der Waals surface area (Å²) in [5.74, 6) is 2.25. The Balaban J connectivity index is 2.62. The number of ether oxygens (including phenoxy) is 1. The van der Waals surface area contributed by atoms with E-state index in [1.807, 2.05) is 5.38 Å². The number of aromatic nitrogens is 2. The van der Waals surface area contributed by atoms with Crippen molar-refractivity contribution in [2.75, 3.05) is 5.73 Å². The highest BCUT2D eigenvalue weighted by molar-refractivity contribution is 6.30. The number of halogens is 1. The highest BCUT2D eigenvalue weighted by Crippen LogP contribution is 2.39. The Morgan fingerprint density at radius 1 is 1.64 bits per heavy atom. The summed E-state index contributed by atoms with van der Waals surface area (Å²) in [7, 11) is 0. The van der Waals surface area contributed by atoms with Gasteiger partial charge in [-0.2, -0.15) is 4.98 Å². The topological polar surface area (TPSA) is 131 Å². The molecule has 2 rings (SSSR count). The molecule has 1 unspecified atom stereocenters. The Labute approximate surface area is 131 Å². The normalized spacial score (nSPS) is 32.4. The van der Waals surface area contributed by atoms with Crippen LogP contribution in [0.15, 0.2) is 10.9 Å². The Morgan fingerprint density at radius 2 is 2.27 bits per heavy atom. The maximum Gasteiger partial charge on any atom is 0.351 e. The Kier molecular flexibility index (Phi) is 4.47. The molecule has 1 aromatic heterocycles. The molecule has 0 spiro atoms. The second-order valence-electron chi connectivity index (χ2n) is 5.16. The third-order valence-electron chi connectivity index (χ3n) is 3.55. The minimum atomic E-state index is -2.18.